The third kappa shape index (κ3) is 5.77. The van der Waals surface area contributed by atoms with E-state index in [-0.39, 0.29) is 35.0 Å². The Balaban J connectivity index is 1.27. The fraction of sp³-hybridized carbons (Fsp3) is 0.357. The second-order valence-corrected chi connectivity index (χ2v) is 11.7. The Labute approximate surface area is 255 Å². The summed E-state index contributed by atoms with van der Waals surface area (Å²) in [5, 5.41) is 10.3. The molecule has 3 aliphatic heterocycles. The molecule has 43 heavy (non-hydrogen) atoms. The van der Waals surface area contributed by atoms with Gasteiger partial charge in [-0.3, -0.25) is 24.3 Å². The smallest absolute Gasteiger partial charge is 0.338 e. The molecule has 2 saturated heterocycles. The minimum Gasteiger partial charge on any atom is -0.466 e. The van der Waals surface area contributed by atoms with E-state index in [0.717, 1.165) is 0 Å². The molecule has 1 N–H and O–H groups in total. The number of aliphatic imine (C=N–C) groups is 1. The largest absolute Gasteiger partial charge is 0.466 e. The number of ketones is 1. The van der Waals surface area contributed by atoms with Crippen LogP contribution >= 0.6 is 22.9 Å². The van der Waals surface area contributed by atoms with E-state index in [4.69, 9.17) is 21.3 Å². The van der Waals surface area contributed by atoms with Crippen LogP contribution in [0.15, 0.2) is 58.3 Å². The average molecular weight is 627 g/mol. The second-order valence-electron chi connectivity index (χ2n) is 10.4. The molecule has 1 aromatic carbocycles. The number of hydrogen-bond acceptors (Lipinski definition) is 10. The minimum absolute atomic E-state index is 0.0283. The first-order chi connectivity index (χ1) is 20.7. The number of benzene rings is 1. The minimum atomic E-state index is -0.856. The summed E-state index contributed by atoms with van der Waals surface area (Å²) in [4.78, 5) is 52.8. The fourth-order valence-electron chi connectivity index (χ4n) is 5.61. The predicted molar refractivity (Wildman–Crippen MR) is 158 cm³/mol. The van der Waals surface area contributed by atoms with Crippen LogP contribution in [0, 0.1) is 5.82 Å². The molecule has 2 amide bonds. The van der Waals surface area contributed by atoms with Crippen LogP contribution in [0.4, 0.5) is 15.0 Å². The Morgan fingerprint density at radius 1 is 1.23 bits per heavy atom. The fourth-order valence-corrected chi connectivity index (χ4v) is 6.47. The van der Waals surface area contributed by atoms with Gasteiger partial charge in [0.1, 0.15) is 11.9 Å². The first kappa shape index (κ1) is 29.0. The van der Waals surface area contributed by atoms with Crippen molar-refractivity contribution in [3.05, 3.63) is 74.7 Å². The molecule has 0 spiro atoms. The van der Waals surface area contributed by atoms with E-state index >= 15 is 0 Å². The van der Waals surface area contributed by atoms with Crippen LogP contribution in [0.3, 0.4) is 0 Å². The van der Waals surface area contributed by atoms with Gasteiger partial charge in [-0.25, -0.2) is 19.0 Å². The molecule has 2 atom stereocenters. The molecular formula is C28H28ClFN8O4S. The lowest BCUT2D eigenvalue weighted by molar-refractivity contribution is -0.136. The summed E-state index contributed by atoms with van der Waals surface area (Å²) in [6, 6.07) is 4.62. The highest BCUT2D eigenvalue weighted by atomic mass is 35.5. The van der Waals surface area contributed by atoms with Gasteiger partial charge in [0.05, 0.1) is 31.8 Å². The van der Waals surface area contributed by atoms with Gasteiger partial charge >= 0.3 is 12.0 Å². The van der Waals surface area contributed by atoms with Crippen molar-refractivity contribution in [2.24, 2.45) is 4.99 Å². The number of esters is 1. The first-order valence-corrected chi connectivity index (χ1v) is 14.8. The maximum absolute atomic E-state index is 13.9. The van der Waals surface area contributed by atoms with E-state index in [9.17, 15) is 18.8 Å². The van der Waals surface area contributed by atoms with Gasteiger partial charge in [0.15, 0.2) is 22.4 Å². The molecule has 0 bridgehead atoms. The number of piperazine rings is 1. The number of urea groups is 1. The van der Waals surface area contributed by atoms with Crippen LogP contribution in [-0.4, -0.2) is 94.1 Å². The summed E-state index contributed by atoms with van der Waals surface area (Å²) < 4.78 is 20.6. The number of hydrogen-bond donors (Lipinski definition) is 1. The van der Waals surface area contributed by atoms with Crippen molar-refractivity contribution >= 4 is 52.4 Å². The van der Waals surface area contributed by atoms with Crippen molar-refractivity contribution in [1.29, 1.82) is 0 Å². The van der Waals surface area contributed by atoms with Crippen LogP contribution in [0.2, 0.25) is 5.02 Å². The SMILES string of the molecule is COC(=O)C1=C(CN2CCN3C(=O)N(c4ccn(CC(C)=O)n4)C[C@@H]3C2)NC(c2nccs2)=N[C@H]1c1ccc(F)cc1Cl. The number of carbonyl (C=O) groups excluding carboxylic acids is 3. The molecular weight excluding hydrogens is 599 g/mol. The van der Waals surface area contributed by atoms with Crippen molar-refractivity contribution in [2.45, 2.75) is 25.6 Å². The Kier molecular flexibility index (Phi) is 7.99. The van der Waals surface area contributed by atoms with E-state index in [0.29, 0.717) is 60.6 Å². The van der Waals surface area contributed by atoms with Crippen LogP contribution < -0.4 is 10.2 Å². The van der Waals surface area contributed by atoms with Gasteiger partial charge in [-0.15, -0.1) is 11.3 Å². The number of methoxy groups -OCH3 is 1. The lowest BCUT2D eigenvalue weighted by Gasteiger charge is -2.38. The molecule has 224 valence electrons. The number of amides is 2. The van der Waals surface area contributed by atoms with E-state index in [1.807, 2.05) is 10.3 Å². The summed E-state index contributed by atoms with van der Waals surface area (Å²) in [6.45, 7) is 3.97. The number of fused-ring (bicyclic) bond motifs is 1. The normalized spacial score (nSPS) is 20.7. The number of thiazole rings is 1. The molecule has 2 fully saturated rings. The van der Waals surface area contributed by atoms with Gasteiger partial charge in [-0.2, -0.15) is 5.10 Å². The molecule has 0 saturated carbocycles. The zero-order chi connectivity index (χ0) is 30.2. The molecule has 0 aliphatic carbocycles. The summed E-state index contributed by atoms with van der Waals surface area (Å²) in [7, 11) is 1.30. The van der Waals surface area contributed by atoms with E-state index in [1.54, 1.807) is 23.4 Å². The highest BCUT2D eigenvalue weighted by molar-refractivity contribution is 7.11. The van der Waals surface area contributed by atoms with E-state index < -0.39 is 17.8 Å². The molecule has 5 heterocycles. The van der Waals surface area contributed by atoms with Crippen LogP contribution in [0.5, 0.6) is 0 Å². The number of halogens is 2. The van der Waals surface area contributed by atoms with Crippen molar-refractivity contribution in [3.63, 3.8) is 0 Å². The molecule has 0 unspecified atom stereocenters. The van der Waals surface area contributed by atoms with Gasteiger partial charge < -0.3 is 15.0 Å². The Morgan fingerprint density at radius 2 is 2.07 bits per heavy atom. The summed E-state index contributed by atoms with van der Waals surface area (Å²) in [5.74, 6) is -0.152. The zero-order valence-corrected chi connectivity index (χ0v) is 24.9. The number of carbonyl (C=O) groups is 3. The van der Waals surface area contributed by atoms with E-state index in [2.05, 4.69) is 20.3 Å². The Hall–Kier alpha value is -4.14. The molecule has 6 rings (SSSR count). The monoisotopic (exact) mass is 626 g/mol. The van der Waals surface area contributed by atoms with Crippen molar-refractivity contribution in [2.75, 3.05) is 44.7 Å². The van der Waals surface area contributed by atoms with Gasteiger partial charge in [-0.05, 0) is 19.1 Å². The summed E-state index contributed by atoms with van der Waals surface area (Å²) in [5.41, 5.74) is 1.29. The Bertz CT molecular complexity index is 1640. The molecule has 2 aromatic heterocycles. The van der Waals surface area contributed by atoms with Gasteiger partial charge in [0.2, 0.25) is 0 Å². The Morgan fingerprint density at radius 3 is 2.79 bits per heavy atom. The second kappa shape index (κ2) is 11.9. The maximum atomic E-state index is 13.9. The van der Waals surface area contributed by atoms with Crippen LogP contribution in [0.1, 0.15) is 23.5 Å². The number of amidine groups is 1. The molecule has 0 radical (unpaired) electrons. The number of Topliss-reactive ketones (excluding diaryl/α,β-unsaturated/α-hetero) is 1. The number of rotatable bonds is 8. The molecule has 3 aromatic rings. The predicted octanol–water partition coefficient (Wildman–Crippen LogP) is 2.87. The lowest BCUT2D eigenvalue weighted by atomic mass is 9.95. The first-order valence-electron chi connectivity index (χ1n) is 13.6. The van der Waals surface area contributed by atoms with Gasteiger partial charge in [0, 0.05) is 66.3 Å². The number of ether oxygens (including phenoxy) is 1. The van der Waals surface area contributed by atoms with Gasteiger partial charge in [0.25, 0.3) is 0 Å². The topological polar surface area (TPSA) is 125 Å². The molecule has 12 nitrogen and oxygen atoms in total. The number of nitrogens with one attached hydrogen (secondary N) is 1. The lowest BCUT2D eigenvalue weighted by Crippen LogP contribution is -2.53. The van der Waals surface area contributed by atoms with Crippen LogP contribution in [0.25, 0.3) is 0 Å². The zero-order valence-electron chi connectivity index (χ0n) is 23.4. The number of nitrogens with zero attached hydrogens (tertiary/aromatic N) is 7. The quantitative estimate of drug-likeness (QED) is 0.379. The number of aromatic nitrogens is 3. The van der Waals surface area contributed by atoms with Crippen LogP contribution in [-0.2, 0) is 20.9 Å². The maximum Gasteiger partial charge on any atom is 0.338 e. The van der Waals surface area contributed by atoms with E-state index in [1.165, 1.54) is 48.3 Å². The average Bonchev–Trinajstić information content (AvgIpc) is 3.73. The van der Waals surface area contributed by atoms with Crippen molar-refractivity contribution < 1.29 is 23.5 Å². The van der Waals surface area contributed by atoms with Gasteiger partial charge in [-0.1, -0.05) is 17.7 Å². The summed E-state index contributed by atoms with van der Waals surface area (Å²) >= 11 is 7.85. The molecule has 3 aliphatic rings. The third-order valence-electron chi connectivity index (χ3n) is 7.53. The third-order valence-corrected chi connectivity index (χ3v) is 8.64. The van der Waals surface area contributed by atoms with Crippen molar-refractivity contribution in [1.82, 2.24) is 29.9 Å². The standard InChI is InChI=1S/C28H28ClFN8O4S/c1-16(39)12-36-7-5-22(34-36)38-14-18-13-35(8-9-37(18)28(38)41)15-21-23(27(40)42-2)24(19-4-3-17(30)11-20(19)29)33-25(32-21)26-31-6-10-43-26/h3-7,10-11,18,24H,8-9,12-15H2,1-2H3,(H,32,33)/t18-,24-/m0/s1. The number of anilines is 1. The highest BCUT2D eigenvalue weighted by Gasteiger charge is 2.43. The summed E-state index contributed by atoms with van der Waals surface area (Å²) in [6.07, 6.45) is 3.35. The molecule has 15 heteroatoms. The highest BCUT2D eigenvalue weighted by Crippen LogP contribution is 2.37. The van der Waals surface area contributed by atoms with Crippen molar-refractivity contribution in [3.8, 4) is 0 Å².